The minimum Gasteiger partial charge on any atom is -0.326 e. The number of rotatable bonds is 4. The molecule has 2 rings (SSSR count). The third-order valence-corrected chi connectivity index (χ3v) is 2.54. The smallest absolute Gasteiger partial charge is 0.229 e. The molecule has 1 aromatic carbocycles. The third kappa shape index (κ3) is 3.40. The maximum absolute atomic E-state index is 11.8. The Labute approximate surface area is 106 Å². The second-order valence-corrected chi connectivity index (χ2v) is 3.96. The minimum absolute atomic E-state index is 0.0807. The van der Waals surface area contributed by atoms with Crippen molar-refractivity contribution in [1.29, 1.82) is 0 Å². The molecule has 0 bridgehead atoms. The molecule has 0 aliphatic heterocycles. The topological polar surface area (TPSA) is 68.0 Å². The predicted octanol–water partition coefficient (Wildman–Crippen LogP) is 1.72. The summed E-state index contributed by atoms with van der Waals surface area (Å²) in [6, 6.07) is 13.2. The Kier molecular flexibility index (Phi) is 4.04. The number of nitrogens with one attached hydrogen (secondary N) is 1. The number of aromatic nitrogens is 1. The lowest BCUT2D eigenvalue weighted by molar-refractivity contribution is -0.115. The van der Waals surface area contributed by atoms with E-state index < -0.39 is 0 Å². The van der Waals surface area contributed by atoms with E-state index in [9.17, 15) is 4.79 Å². The highest BCUT2D eigenvalue weighted by Crippen LogP contribution is 2.07. The van der Waals surface area contributed by atoms with Gasteiger partial charge in [0.2, 0.25) is 5.91 Å². The molecule has 0 aliphatic rings. The highest BCUT2D eigenvalue weighted by atomic mass is 16.1. The van der Waals surface area contributed by atoms with Crippen molar-refractivity contribution in [1.82, 2.24) is 4.98 Å². The van der Waals surface area contributed by atoms with E-state index in [1.165, 1.54) is 0 Å². The Bertz CT molecular complexity index is 526. The normalized spacial score (nSPS) is 10.1. The largest absolute Gasteiger partial charge is 0.326 e. The van der Waals surface area contributed by atoms with Crippen LogP contribution in [0.2, 0.25) is 0 Å². The average molecular weight is 241 g/mol. The summed E-state index contributed by atoms with van der Waals surface area (Å²) in [5.41, 5.74) is 7.45. The number of pyridine rings is 1. The zero-order valence-electron chi connectivity index (χ0n) is 9.97. The van der Waals surface area contributed by atoms with E-state index >= 15 is 0 Å². The van der Waals surface area contributed by atoms with Gasteiger partial charge in [0.25, 0.3) is 0 Å². The maximum Gasteiger partial charge on any atom is 0.229 e. The van der Waals surface area contributed by atoms with E-state index in [1.54, 1.807) is 12.3 Å². The average Bonchev–Trinajstić information content (AvgIpc) is 2.40. The van der Waals surface area contributed by atoms with Gasteiger partial charge >= 0.3 is 0 Å². The molecule has 1 amide bonds. The van der Waals surface area contributed by atoms with Crippen LogP contribution < -0.4 is 11.1 Å². The van der Waals surface area contributed by atoms with Crippen molar-refractivity contribution in [2.24, 2.45) is 5.73 Å². The van der Waals surface area contributed by atoms with Crippen LogP contribution in [0.5, 0.6) is 0 Å². The number of hydrogen-bond acceptors (Lipinski definition) is 3. The fourth-order valence-corrected chi connectivity index (χ4v) is 1.64. The van der Waals surface area contributed by atoms with Crippen molar-refractivity contribution < 1.29 is 4.79 Å². The van der Waals surface area contributed by atoms with Crippen LogP contribution in [-0.4, -0.2) is 10.9 Å². The fourth-order valence-electron chi connectivity index (χ4n) is 1.64. The Balaban J connectivity index is 1.99. The summed E-state index contributed by atoms with van der Waals surface area (Å²) in [6.07, 6.45) is 1.98. The predicted molar refractivity (Wildman–Crippen MR) is 70.9 cm³/mol. The molecular formula is C14H15N3O. The van der Waals surface area contributed by atoms with Gasteiger partial charge in [-0.05, 0) is 23.3 Å². The summed E-state index contributed by atoms with van der Waals surface area (Å²) < 4.78 is 0. The van der Waals surface area contributed by atoms with Gasteiger partial charge in [0.05, 0.1) is 6.42 Å². The van der Waals surface area contributed by atoms with Crippen LogP contribution in [0.4, 0.5) is 5.82 Å². The van der Waals surface area contributed by atoms with Gasteiger partial charge in [-0.2, -0.15) is 0 Å². The Morgan fingerprint density at radius 3 is 2.67 bits per heavy atom. The molecule has 3 N–H and O–H groups in total. The molecule has 0 saturated heterocycles. The summed E-state index contributed by atoms with van der Waals surface area (Å²) in [6.45, 7) is 0.435. The van der Waals surface area contributed by atoms with Gasteiger partial charge in [0.1, 0.15) is 5.82 Å². The summed E-state index contributed by atoms with van der Waals surface area (Å²) in [7, 11) is 0. The number of hydrogen-bond donors (Lipinski definition) is 2. The van der Waals surface area contributed by atoms with Crippen LogP contribution in [-0.2, 0) is 17.8 Å². The molecule has 0 aliphatic carbocycles. The number of carbonyl (C=O) groups is 1. The van der Waals surface area contributed by atoms with Gasteiger partial charge in [-0.3, -0.25) is 4.79 Å². The lowest BCUT2D eigenvalue weighted by Crippen LogP contribution is -2.15. The molecular weight excluding hydrogens is 226 g/mol. The minimum atomic E-state index is -0.0807. The van der Waals surface area contributed by atoms with Crippen molar-refractivity contribution in [3.05, 3.63) is 59.8 Å². The summed E-state index contributed by atoms with van der Waals surface area (Å²) in [5.74, 6) is 0.460. The Morgan fingerprint density at radius 2 is 1.94 bits per heavy atom. The molecule has 4 heteroatoms. The highest BCUT2D eigenvalue weighted by Gasteiger charge is 2.04. The number of carbonyl (C=O) groups excluding carboxylic acids is 1. The summed E-state index contributed by atoms with van der Waals surface area (Å²) in [4.78, 5) is 15.9. The fraction of sp³-hybridized carbons (Fsp3) is 0.143. The van der Waals surface area contributed by atoms with E-state index in [2.05, 4.69) is 10.3 Å². The van der Waals surface area contributed by atoms with Gasteiger partial charge in [0, 0.05) is 12.7 Å². The number of nitrogens with two attached hydrogens (primary N) is 1. The SMILES string of the molecule is NCc1ccnc(NC(=O)Cc2ccccc2)c1. The molecule has 1 aromatic heterocycles. The lowest BCUT2D eigenvalue weighted by Gasteiger charge is -2.05. The van der Waals surface area contributed by atoms with Gasteiger partial charge in [-0.1, -0.05) is 30.3 Å². The van der Waals surface area contributed by atoms with Crippen LogP contribution in [0.3, 0.4) is 0 Å². The first-order valence-corrected chi connectivity index (χ1v) is 5.76. The standard InChI is InChI=1S/C14H15N3O/c15-10-12-6-7-16-13(8-12)17-14(18)9-11-4-2-1-3-5-11/h1-8H,9-10,15H2,(H,16,17,18). The zero-order valence-corrected chi connectivity index (χ0v) is 9.97. The molecule has 0 radical (unpaired) electrons. The van der Waals surface area contributed by atoms with Crippen molar-refractivity contribution in [2.75, 3.05) is 5.32 Å². The molecule has 0 unspecified atom stereocenters. The molecule has 0 saturated carbocycles. The molecule has 2 aromatic rings. The first-order valence-electron chi connectivity index (χ1n) is 5.76. The molecule has 0 fully saturated rings. The third-order valence-electron chi connectivity index (χ3n) is 2.54. The molecule has 4 nitrogen and oxygen atoms in total. The van der Waals surface area contributed by atoms with Crippen LogP contribution in [0.15, 0.2) is 48.7 Å². The van der Waals surface area contributed by atoms with E-state index in [1.807, 2.05) is 36.4 Å². The van der Waals surface area contributed by atoms with Gasteiger partial charge in [0.15, 0.2) is 0 Å². The first kappa shape index (κ1) is 12.3. The zero-order chi connectivity index (χ0) is 12.8. The van der Waals surface area contributed by atoms with Crippen LogP contribution in [0.1, 0.15) is 11.1 Å². The first-order chi connectivity index (χ1) is 8.78. The van der Waals surface area contributed by atoms with Gasteiger partial charge in [-0.15, -0.1) is 0 Å². The monoisotopic (exact) mass is 241 g/mol. The lowest BCUT2D eigenvalue weighted by atomic mass is 10.1. The summed E-state index contributed by atoms with van der Waals surface area (Å²) >= 11 is 0. The Morgan fingerprint density at radius 1 is 1.17 bits per heavy atom. The molecule has 18 heavy (non-hydrogen) atoms. The van der Waals surface area contributed by atoms with Crippen LogP contribution in [0.25, 0.3) is 0 Å². The van der Waals surface area contributed by atoms with Crippen molar-refractivity contribution >= 4 is 11.7 Å². The van der Waals surface area contributed by atoms with E-state index in [0.29, 0.717) is 18.8 Å². The van der Waals surface area contributed by atoms with Crippen molar-refractivity contribution in [3.63, 3.8) is 0 Å². The number of amides is 1. The quantitative estimate of drug-likeness (QED) is 0.856. The van der Waals surface area contributed by atoms with Crippen molar-refractivity contribution in [3.8, 4) is 0 Å². The Hall–Kier alpha value is -2.20. The molecule has 1 heterocycles. The number of nitrogens with zero attached hydrogens (tertiary/aromatic N) is 1. The molecule has 0 atom stereocenters. The van der Waals surface area contributed by atoms with E-state index in [-0.39, 0.29) is 5.91 Å². The van der Waals surface area contributed by atoms with Gasteiger partial charge in [-0.25, -0.2) is 4.98 Å². The second-order valence-electron chi connectivity index (χ2n) is 3.96. The second kappa shape index (κ2) is 5.93. The summed E-state index contributed by atoms with van der Waals surface area (Å²) in [5, 5.41) is 2.76. The van der Waals surface area contributed by atoms with Crippen LogP contribution in [0, 0.1) is 0 Å². The molecule has 0 spiro atoms. The number of anilines is 1. The highest BCUT2D eigenvalue weighted by molar-refractivity contribution is 5.91. The van der Waals surface area contributed by atoms with E-state index in [4.69, 9.17) is 5.73 Å². The van der Waals surface area contributed by atoms with Crippen molar-refractivity contribution in [2.45, 2.75) is 13.0 Å². The van der Waals surface area contributed by atoms with E-state index in [0.717, 1.165) is 11.1 Å². The van der Waals surface area contributed by atoms with Crippen LogP contribution >= 0.6 is 0 Å². The number of benzene rings is 1. The maximum atomic E-state index is 11.8. The van der Waals surface area contributed by atoms with Gasteiger partial charge < -0.3 is 11.1 Å². The molecule has 92 valence electrons.